The summed E-state index contributed by atoms with van der Waals surface area (Å²) in [6, 6.07) is 5.64. The average molecular weight is 363 g/mol. The van der Waals surface area contributed by atoms with Crippen LogP contribution in [-0.4, -0.2) is 46.8 Å². The fourth-order valence-corrected chi connectivity index (χ4v) is 4.11. The molecule has 1 saturated heterocycles. The van der Waals surface area contributed by atoms with E-state index in [1.165, 1.54) is 19.5 Å². The fourth-order valence-electron chi connectivity index (χ4n) is 3.89. The second-order valence-electron chi connectivity index (χ2n) is 7.38. The number of nitrogens with one attached hydrogen (secondary N) is 1. The molecular formula is C19H27ClN4O. The van der Waals surface area contributed by atoms with E-state index < -0.39 is 0 Å². The van der Waals surface area contributed by atoms with E-state index in [0.717, 1.165) is 35.7 Å². The van der Waals surface area contributed by atoms with E-state index >= 15 is 0 Å². The number of carbonyl (C=O) groups is 1. The molecule has 0 saturated carbocycles. The molecule has 1 N–H and O–H groups in total. The molecule has 1 aliphatic rings. The van der Waals surface area contributed by atoms with Gasteiger partial charge in [0.2, 0.25) is 5.91 Å². The molecule has 0 bridgehead atoms. The number of amides is 1. The largest absolute Gasteiger partial charge is 0.354 e. The zero-order chi connectivity index (χ0) is 17.8. The Labute approximate surface area is 154 Å². The first kappa shape index (κ1) is 18.2. The van der Waals surface area contributed by atoms with Crippen LogP contribution in [0.25, 0.3) is 10.9 Å². The number of fused-ring (bicyclic) bond motifs is 1. The van der Waals surface area contributed by atoms with Crippen molar-refractivity contribution in [2.24, 2.45) is 11.8 Å². The van der Waals surface area contributed by atoms with Gasteiger partial charge >= 0.3 is 0 Å². The molecule has 1 fully saturated rings. The molecule has 2 unspecified atom stereocenters. The lowest BCUT2D eigenvalue weighted by Gasteiger charge is -2.34. The highest BCUT2D eigenvalue weighted by Crippen LogP contribution is 2.22. The molecule has 2 atom stereocenters. The number of benzene rings is 1. The normalized spacial score (nSPS) is 21.6. The Bertz CT molecular complexity index is 719. The number of aromatic nitrogens is 2. The monoisotopic (exact) mass is 362 g/mol. The van der Waals surface area contributed by atoms with Gasteiger partial charge in [0.05, 0.1) is 16.7 Å². The van der Waals surface area contributed by atoms with Crippen LogP contribution in [-0.2, 0) is 11.3 Å². The van der Waals surface area contributed by atoms with Gasteiger partial charge in [-0.25, -0.2) is 0 Å². The van der Waals surface area contributed by atoms with Crippen molar-refractivity contribution in [2.45, 2.75) is 33.2 Å². The van der Waals surface area contributed by atoms with Crippen LogP contribution in [0, 0.1) is 11.8 Å². The summed E-state index contributed by atoms with van der Waals surface area (Å²) in [5.41, 5.74) is 0.888. The van der Waals surface area contributed by atoms with Crippen LogP contribution in [0.2, 0.25) is 5.02 Å². The van der Waals surface area contributed by atoms with Crippen LogP contribution in [0.1, 0.15) is 26.7 Å². The summed E-state index contributed by atoms with van der Waals surface area (Å²) in [5, 5.41) is 8.82. The standard InChI is InChI=1S/C19H27ClN4O/c1-14-9-15(2)12-23(11-14)8-4-7-21-19(25)13-24-18-6-3-5-17(20)16(18)10-22-24/h3,5-6,10,14-15H,4,7-9,11-13H2,1-2H3,(H,21,25). The Balaban J connectivity index is 1.43. The first-order valence-electron chi connectivity index (χ1n) is 9.12. The van der Waals surface area contributed by atoms with Crippen molar-refractivity contribution in [1.29, 1.82) is 0 Å². The Kier molecular flexibility index (Phi) is 5.97. The maximum Gasteiger partial charge on any atom is 0.241 e. The minimum Gasteiger partial charge on any atom is -0.354 e. The molecule has 2 heterocycles. The van der Waals surface area contributed by atoms with Crippen LogP contribution in [0.3, 0.4) is 0 Å². The van der Waals surface area contributed by atoms with Crippen LogP contribution < -0.4 is 5.32 Å². The lowest BCUT2D eigenvalue weighted by atomic mass is 9.92. The zero-order valence-electron chi connectivity index (χ0n) is 15.0. The molecule has 1 aromatic carbocycles. The predicted molar refractivity (Wildman–Crippen MR) is 102 cm³/mol. The van der Waals surface area contributed by atoms with Crippen LogP contribution in [0.15, 0.2) is 24.4 Å². The number of hydrogen-bond acceptors (Lipinski definition) is 3. The van der Waals surface area contributed by atoms with E-state index in [9.17, 15) is 4.79 Å². The summed E-state index contributed by atoms with van der Waals surface area (Å²) in [7, 11) is 0. The van der Waals surface area contributed by atoms with Crippen molar-refractivity contribution in [1.82, 2.24) is 20.0 Å². The zero-order valence-corrected chi connectivity index (χ0v) is 15.8. The van der Waals surface area contributed by atoms with Crippen LogP contribution in [0.4, 0.5) is 0 Å². The Morgan fingerprint density at radius 3 is 2.84 bits per heavy atom. The second kappa shape index (κ2) is 8.19. The van der Waals surface area contributed by atoms with Gasteiger partial charge in [0.15, 0.2) is 0 Å². The number of hydrogen-bond donors (Lipinski definition) is 1. The first-order chi connectivity index (χ1) is 12.0. The molecule has 5 nitrogen and oxygen atoms in total. The lowest BCUT2D eigenvalue weighted by molar-refractivity contribution is -0.121. The summed E-state index contributed by atoms with van der Waals surface area (Å²) in [6.07, 6.45) is 4.02. The van der Waals surface area contributed by atoms with Gasteiger partial charge in [-0.1, -0.05) is 31.5 Å². The number of carbonyl (C=O) groups excluding carboxylic acids is 1. The number of piperidine rings is 1. The first-order valence-corrected chi connectivity index (χ1v) is 9.50. The summed E-state index contributed by atoms with van der Waals surface area (Å²) in [4.78, 5) is 14.7. The molecule has 0 radical (unpaired) electrons. The van der Waals surface area contributed by atoms with E-state index in [1.807, 2.05) is 18.2 Å². The van der Waals surface area contributed by atoms with Crippen molar-refractivity contribution in [3.05, 3.63) is 29.4 Å². The molecule has 3 rings (SSSR count). The van der Waals surface area contributed by atoms with E-state index in [4.69, 9.17) is 11.6 Å². The third kappa shape index (κ3) is 4.73. The lowest BCUT2D eigenvalue weighted by Crippen LogP contribution is -2.40. The minimum atomic E-state index is -0.00893. The highest BCUT2D eigenvalue weighted by Gasteiger charge is 2.21. The van der Waals surface area contributed by atoms with Crippen LogP contribution >= 0.6 is 11.6 Å². The van der Waals surface area contributed by atoms with Gasteiger partial charge in [0.1, 0.15) is 6.54 Å². The van der Waals surface area contributed by atoms with Gasteiger partial charge in [-0.3, -0.25) is 9.48 Å². The van der Waals surface area contributed by atoms with E-state index in [-0.39, 0.29) is 12.5 Å². The SMILES string of the molecule is CC1CC(C)CN(CCCNC(=O)Cn2ncc3c(Cl)cccc32)C1. The molecule has 6 heteroatoms. The van der Waals surface area contributed by atoms with Gasteiger partial charge in [-0.15, -0.1) is 0 Å². The maximum atomic E-state index is 12.2. The number of likely N-dealkylation sites (tertiary alicyclic amines) is 1. The van der Waals surface area contributed by atoms with Gasteiger partial charge in [0, 0.05) is 25.0 Å². The molecule has 0 spiro atoms. The van der Waals surface area contributed by atoms with Gasteiger partial charge in [-0.05, 0) is 43.4 Å². The minimum absolute atomic E-state index is 0.00893. The highest BCUT2D eigenvalue weighted by molar-refractivity contribution is 6.35. The second-order valence-corrected chi connectivity index (χ2v) is 7.79. The van der Waals surface area contributed by atoms with Crippen molar-refractivity contribution >= 4 is 28.4 Å². The van der Waals surface area contributed by atoms with E-state index in [2.05, 4.69) is 29.2 Å². The fraction of sp³-hybridized carbons (Fsp3) is 0.579. The molecular weight excluding hydrogens is 336 g/mol. The number of rotatable bonds is 6. The Morgan fingerprint density at radius 1 is 1.32 bits per heavy atom. The maximum absolute atomic E-state index is 12.2. The van der Waals surface area contributed by atoms with Gasteiger partial charge in [-0.2, -0.15) is 5.10 Å². The Morgan fingerprint density at radius 2 is 2.08 bits per heavy atom. The van der Waals surface area contributed by atoms with Crippen molar-refractivity contribution in [3.8, 4) is 0 Å². The van der Waals surface area contributed by atoms with Crippen molar-refractivity contribution < 1.29 is 4.79 Å². The summed E-state index contributed by atoms with van der Waals surface area (Å²) < 4.78 is 1.70. The summed E-state index contributed by atoms with van der Waals surface area (Å²) >= 11 is 6.15. The van der Waals surface area contributed by atoms with Crippen LogP contribution in [0.5, 0.6) is 0 Å². The van der Waals surface area contributed by atoms with E-state index in [0.29, 0.717) is 11.6 Å². The quantitative estimate of drug-likeness (QED) is 0.803. The molecule has 1 amide bonds. The smallest absolute Gasteiger partial charge is 0.241 e. The van der Waals surface area contributed by atoms with Crippen molar-refractivity contribution in [2.75, 3.05) is 26.2 Å². The average Bonchev–Trinajstić information content (AvgIpc) is 2.95. The van der Waals surface area contributed by atoms with Gasteiger partial charge in [0.25, 0.3) is 0 Å². The highest BCUT2D eigenvalue weighted by atomic mass is 35.5. The van der Waals surface area contributed by atoms with Crippen molar-refractivity contribution in [3.63, 3.8) is 0 Å². The molecule has 1 aromatic heterocycles. The topological polar surface area (TPSA) is 50.2 Å². The summed E-state index contributed by atoms with van der Waals surface area (Å²) in [5.74, 6) is 1.54. The molecule has 136 valence electrons. The molecule has 25 heavy (non-hydrogen) atoms. The summed E-state index contributed by atoms with van der Waals surface area (Å²) in [6.45, 7) is 8.99. The number of nitrogens with zero attached hydrogens (tertiary/aromatic N) is 3. The molecule has 2 aromatic rings. The predicted octanol–water partition coefficient (Wildman–Crippen LogP) is 3.17. The molecule has 0 aliphatic carbocycles. The third-order valence-electron chi connectivity index (χ3n) is 4.85. The Hall–Kier alpha value is -1.59. The molecule has 1 aliphatic heterocycles. The third-order valence-corrected chi connectivity index (χ3v) is 5.17. The van der Waals surface area contributed by atoms with E-state index in [1.54, 1.807) is 10.9 Å². The number of halogens is 1. The van der Waals surface area contributed by atoms with Gasteiger partial charge < -0.3 is 10.2 Å².